The number of fused-ring (bicyclic) bond motifs is 1. The number of carboxylic acids is 1. The first-order valence-electron chi connectivity index (χ1n) is 6.14. The molecule has 5 nitrogen and oxygen atoms in total. The fraction of sp³-hybridized carbons (Fsp3) is 0.286. The van der Waals surface area contributed by atoms with E-state index in [4.69, 9.17) is 9.84 Å². The van der Waals surface area contributed by atoms with Gasteiger partial charge in [0.05, 0.1) is 18.3 Å². The monoisotopic (exact) mass is 258 g/mol. The average molecular weight is 258 g/mol. The lowest BCUT2D eigenvalue weighted by molar-refractivity contribution is 0.0696. The zero-order valence-electron chi connectivity index (χ0n) is 10.5. The third-order valence-corrected chi connectivity index (χ3v) is 3.23. The van der Waals surface area contributed by atoms with Gasteiger partial charge in [-0.3, -0.25) is 4.68 Å². The number of aromatic nitrogens is 2. The molecule has 1 aromatic heterocycles. The Bertz CT molecular complexity index is 633. The fourth-order valence-electron chi connectivity index (χ4n) is 2.33. The van der Waals surface area contributed by atoms with Crippen LogP contribution in [0, 0.1) is 6.92 Å². The average Bonchev–Trinajstić information content (AvgIpc) is 2.95. The van der Waals surface area contributed by atoms with Gasteiger partial charge in [0.15, 0.2) is 0 Å². The van der Waals surface area contributed by atoms with Crippen LogP contribution in [0.5, 0.6) is 5.75 Å². The first-order valence-corrected chi connectivity index (χ1v) is 6.14. The van der Waals surface area contributed by atoms with E-state index in [1.807, 2.05) is 12.1 Å². The van der Waals surface area contributed by atoms with E-state index in [0.717, 1.165) is 12.2 Å². The molecule has 1 atom stereocenters. The minimum atomic E-state index is -0.961. The summed E-state index contributed by atoms with van der Waals surface area (Å²) in [6, 6.07) is 6.13. The van der Waals surface area contributed by atoms with Crippen LogP contribution in [0.1, 0.15) is 21.5 Å². The van der Waals surface area contributed by atoms with Crippen LogP contribution in [0.3, 0.4) is 0 Å². The maximum Gasteiger partial charge on any atom is 0.338 e. The van der Waals surface area contributed by atoms with E-state index in [9.17, 15) is 4.79 Å². The van der Waals surface area contributed by atoms with Crippen LogP contribution >= 0.6 is 0 Å². The Kier molecular flexibility index (Phi) is 2.74. The third kappa shape index (κ3) is 2.31. The Labute approximate surface area is 110 Å². The van der Waals surface area contributed by atoms with E-state index in [2.05, 4.69) is 18.1 Å². The SMILES string of the molecule is Cc1ccc2c(c1)CC(Cn1cc(C(=O)O)cn1)O2. The van der Waals surface area contributed by atoms with Crippen LogP contribution in [0.2, 0.25) is 0 Å². The lowest BCUT2D eigenvalue weighted by atomic mass is 10.1. The molecule has 0 spiro atoms. The molecule has 0 bridgehead atoms. The smallest absolute Gasteiger partial charge is 0.338 e. The van der Waals surface area contributed by atoms with Gasteiger partial charge in [-0.05, 0) is 18.6 Å². The van der Waals surface area contributed by atoms with Gasteiger partial charge < -0.3 is 9.84 Å². The van der Waals surface area contributed by atoms with Gasteiger partial charge in [0, 0.05) is 12.6 Å². The Morgan fingerprint density at radius 3 is 3.16 bits per heavy atom. The van der Waals surface area contributed by atoms with Crippen LogP contribution in [0.4, 0.5) is 0 Å². The molecule has 19 heavy (non-hydrogen) atoms. The van der Waals surface area contributed by atoms with Crippen molar-refractivity contribution in [1.82, 2.24) is 9.78 Å². The van der Waals surface area contributed by atoms with Crippen molar-refractivity contribution in [2.45, 2.75) is 26.0 Å². The van der Waals surface area contributed by atoms with Gasteiger partial charge in [-0.15, -0.1) is 0 Å². The second-order valence-electron chi connectivity index (χ2n) is 4.81. The van der Waals surface area contributed by atoms with Crippen LogP contribution in [-0.2, 0) is 13.0 Å². The molecule has 1 aliphatic heterocycles. The number of hydrogen-bond acceptors (Lipinski definition) is 3. The van der Waals surface area contributed by atoms with E-state index >= 15 is 0 Å². The van der Waals surface area contributed by atoms with Crippen molar-refractivity contribution in [3.05, 3.63) is 47.3 Å². The Morgan fingerprint density at radius 1 is 1.58 bits per heavy atom. The molecule has 3 rings (SSSR count). The number of aryl methyl sites for hydroxylation is 1. The summed E-state index contributed by atoms with van der Waals surface area (Å²) in [6.07, 6.45) is 3.73. The minimum absolute atomic E-state index is 0.0124. The van der Waals surface area contributed by atoms with Gasteiger partial charge in [-0.25, -0.2) is 4.79 Å². The van der Waals surface area contributed by atoms with E-state index in [1.165, 1.54) is 23.5 Å². The van der Waals surface area contributed by atoms with E-state index in [-0.39, 0.29) is 11.7 Å². The van der Waals surface area contributed by atoms with Gasteiger partial charge in [-0.1, -0.05) is 17.7 Å². The molecule has 2 heterocycles. The molecule has 1 aromatic carbocycles. The van der Waals surface area contributed by atoms with Crippen molar-refractivity contribution in [3.8, 4) is 5.75 Å². The molecule has 0 saturated heterocycles. The van der Waals surface area contributed by atoms with Crippen molar-refractivity contribution in [2.75, 3.05) is 0 Å². The minimum Gasteiger partial charge on any atom is -0.488 e. The number of rotatable bonds is 3. The molecule has 0 aliphatic carbocycles. The highest BCUT2D eigenvalue weighted by atomic mass is 16.5. The van der Waals surface area contributed by atoms with Crippen LogP contribution in [0.25, 0.3) is 0 Å². The highest BCUT2D eigenvalue weighted by molar-refractivity contribution is 5.86. The molecular formula is C14H14N2O3. The molecule has 0 saturated carbocycles. The predicted octanol–water partition coefficient (Wildman–Crippen LogP) is 1.89. The summed E-state index contributed by atoms with van der Waals surface area (Å²) in [5.41, 5.74) is 2.62. The molecule has 1 N–H and O–H groups in total. The molecule has 0 fully saturated rings. The standard InChI is InChI=1S/C14H14N2O3/c1-9-2-3-13-10(4-9)5-12(19-13)8-16-7-11(6-15-16)14(17)18/h2-4,6-7,12H,5,8H2,1H3,(H,17,18). The van der Waals surface area contributed by atoms with Crippen LogP contribution < -0.4 is 4.74 Å². The fourth-order valence-corrected chi connectivity index (χ4v) is 2.33. The zero-order chi connectivity index (χ0) is 13.4. The first-order chi connectivity index (χ1) is 9.11. The predicted molar refractivity (Wildman–Crippen MR) is 68.5 cm³/mol. The number of aromatic carboxylic acids is 1. The number of hydrogen-bond donors (Lipinski definition) is 1. The summed E-state index contributed by atoms with van der Waals surface area (Å²) in [7, 11) is 0. The summed E-state index contributed by atoms with van der Waals surface area (Å²) in [5, 5.41) is 12.9. The van der Waals surface area contributed by atoms with Gasteiger partial charge in [0.25, 0.3) is 0 Å². The van der Waals surface area contributed by atoms with Crippen molar-refractivity contribution in [2.24, 2.45) is 0 Å². The van der Waals surface area contributed by atoms with Crippen molar-refractivity contribution >= 4 is 5.97 Å². The Balaban J connectivity index is 1.71. The van der Waals surface area contributed by atoms with Crippen molar-refractivity contribution in [3.63, 3.8) is 0 Å². The molecule has 0 radical (unpaired) electrons. The molecule has 2 aromatic rings. The van der Waals surface area contributed by atoms with Crippen molar-refractivity contribution in [1.29, 1.82) is 0 Å². The zero-order valence-corrected chi connectivity index (χ0v) is 10.5. The maximum atomic E-state index is 10.8. The number of carbonyl (C=O) groups is 1. The number of nitrogens with zero attached hydrogens (tertiary/aromatic N) is 2. The largest absolute Gasteiger partial charge is 0.488 e. The van der Waals surface area contributed by atoms with Gasteiger partial charge >= 0.3 is 5.97 Å². The van der Waals surface area contributed by atoms with Crippen LogP contribution in [0.15, 0.2) is 30.6 Å². The molecule has 0 amide bonds. The molecule has 98 valence electrons. The van der Waals surface area contributed by atoms with Crippen LogP contribution in [-0.4, -0.2) is 27.0 Å². The summed E-state index contributed by atoms with van der Waals surface area (Å²) < 4.78 is 7.45. The summed E-state index contributed by atoms with van der Waals surface area (Å²) in [4.78, 5) is 10.8. The van der Waals surface area contributed by atoms with E-state index < -0.39 is 5.97 Å². The second-order valence-corrected chi connectivity index (χ2v) is 4.81. The summed E-state index contributed by atoms with van der Waals surface area (Å²) >= 11 is 0. The van der Waals surface area contributed by atoms with Gasteiger partial charge in [-0.2, -0.15) is 5.10 Å². The first kappa shape index (κ1) is 11.8. The molecule has 1 aliphatic rings. The second kappa shape index (κ2) is 4.42. The van der Waals surface area contributed by atoms with Gasteiger partial charge in [0.2, 0.25) is 0 Å². The number of benzene rings is 1. The quantitative estimate of drug-likeness (QED) is 0.913. The lowest BCUT2D eigenvalue weighted by Crippen LogP contribution is -2.21. The topological polar surface area (TPSA) is 64.4 Å². The Hall–Kier alpha value is -2.30. The Morgan fingerprint density at radius 2 is 2.42 bits per heavy atom. The highest BCUT2D eigenvalue weighted by Crippen LogP contribution is 2.29. The van der Waals surface area contributed by atoms with Gasteiger partial charge in [0.1, 0.15) is 11.9 Å². The molecule has 5 heteroatoms. The highest BCUT2D eigenvalue weighted by Gasteiger charge is 2.23. The van der Waals surface area contributed by atoms with E-state index in [0.29, 0.717) is 6.54 Å². The van der Waals surface area contributed by atoms with E-state index in [1.54, 1.807) is 4.68 Å². The normalized spacial score (nSPS) is 17.0. The molecule has 1 unspecified atom stereocenters. The summed E-state index contributed by atoms with van der Waals surface area (Å²) in [6.45, 7) is 2.61. The number of carboxylic acid groups (broad SMARTS) is 1. The van der Waals surface area contributed by atoms with Crippen molar-refractivity contribution < 1.29 is 14.6 Å². The number of ether oxygens (including phenoxy) is 1. The summed E-state index contributed by atoms with van der Waals surface area (Å²) in [5.74, 6) is -0.0429. The lowest BCUT2D eigenvalue weighted by Gasteiger charge is -2.10. The molecular weight excluding hydrogens is 244 g/mol. The third-order valence-electron chi connectivity index (χ3n) is 3.23. The maximum absolute atomic E-state index is 10.8.